The predicted molar refractivity (Wildman–Crippen MR) is 128 cm³/mol. The lowest BCUT2D eigenvalue weighted by Crippen LogP contribution is -2.34. The van der Waals surface area contributed by atoms with Crippen molar-refractivity contribution in [1.29, 1.82) is 0 Å². The Hall–Kier alpha value is -2.91. The molecule has 1 aliphatic rings. The Bertz CT molecular complexity index is 1250. The van der Waals surface area contributed by atoms with Crippen LogP contribution in [0.15, 0.2) is 18.5 Å². The highest BCUT2D eigenvalue weighted by Crippen LogP contribution is 2.40. The molecule has 182 valence electrons. The Balaban J connectivity index is 1.84. The second-order valence-electron chi connectivity index (χ2n) is 9.08. The number of amides is 1. The number of carbonyl (C=O) groups excluding carboxylic acids is 1. The van der Waals surface area contributed by atoms with E-state index in [0.29, 0.717) is 47.7 Å². The zero-order valence-electron chi connectivity index (χ0n) is 19.6. The van der Waals surface area contributed by atoms with E-state index in [1.54, 1.807) is 26.2 Å². The number of aromatic nitrogens is 3. The number of nitrogens with one attached hydrogen (secondary N) is 1. The number of aryl methyl sites for hydroxylation is 1. The lowest BCUT2D eigenvalue weighted by molar-refractivity contribution is 0.0923. The molecule has 2 heterocycles. The van der Waals surface area contributed by atoms with Gasteiger partial charge in [0.2, 0.25) is 0 Å². The van der Waals surface area contributed by atoms with Crippen molar-refractivity contribution in [1.82, 2.24) is 19.7 Å². The van der Waals surface area contributed by atoms with Crippen molar-refractivity contribution < 1.29 is 19.0 Å². The van der Waals surface area contributed by atoms with Gasteiger partial charge in [-0.15, -0.1) is 0 Å². The molecule has 0 saturated heterocycles. The van der Waals surface area contributed by atoms with Gasteiger partial charge in [-0.25, -0.2) is 14.4 Å². The van der Waals surface area contributed by atoms with Crippen LogP contribution in [0.4, 0.5) is 10.2 Å². The first-order chi connectivity index (χ1) is 16.1. The standard InChI is InChI=1S/C24H29ClFN5O3/c1-11(2)34-21-16(12(3)23-29-13(4)20-22(27)28-7-8-31(20)23)10-17(25)19(26)18(21)24(33)30-14-5-6-15(32)9-14/h7-8,10-12,14-15,32H,5-6,9H2,1-4H3,(H2,27,28)(H,30,33)/t12-,14-,15+/m0/s1. The summed E-state index contributed by atoms with van der Waals surface area (Å²) in [6, 6.07) is 1.24. The first-order valence-electron chi connectivity index (χ1n) is 11.3. The summed E-state index contributed by atoms with van der Waals surface area (Å²) in [5.41, 5.74) is 7.72. The summed E-state index contributed by atoms with van der Waals surface area (Å²) in [7, 11) is 0. The Morgan fingerprint density at radius 2 is 2.12 bits per heavy atom. The average molecular weight is 490 g/mol. The maximum absolute atomic E-state index is 15.3. The van der Waals surface area contributed by atoms with Crippen molar-refractivity contribution in [3.05, 3.63) is 51.9 Å². The van der Waals surface area contributed by atoms with Crippen LogP contribution >= 0.6 is 11.6 Å². The van der Waals surface area contributed by atoms with Gasteiger partial charge in [-0.05, 0) is 46.1 Å². The molecule has 3 aromatic rings. The van der Waals surface area contributed by atoms with Gasteiger partial charge in [0.05, 0.1) is 22.9 Å². The van der Waals surface area contributed by atoms with E-state index in [1.165, 1.54) is 6.07 Å². The van der Waals surface area contributed by atoms with E-state index in [-0.39, 0.29) is 28.5 Å². The van der Waals surface area contributed by atoms with Crippen molar-refractivity contribution in [2.45, 2.75) is 71.1 Å². The summed E-state index contributed by atoms with van der Waals surface area (Å²) in [5, 5.41) is 12.5. The van der Waals surface area contributed by atoms with Crippen LogP contribution in [0.5, 0.6) is 5.75 Å². The number of halogens is 2. The number of nitrogens with two attached hydrogens (primary N) is 1. The molecule has 1 aliphatic carbocycles. The fraction of sp³-hybridized carbons (Fsp3) is 0.458. The van der Waals surface area contributed by atoms with Crippen LogP contribution < -0.4 is 15.8 Å². The van der Waals surface area contributed by atoms with Crippen LogP contribution in [0, 0.1) is 12.7 Å². The SMILES string of the molecule is Cc1nc([C@@H](C)c2cc(Cl)c(F)c(C(=O)N[C@H]3CC[C@@H](O)C3)c2OC(C)C)n2ccnc(N)c12. The highest BCUT2D eigenvalue weighted by atomic mass is 35.5. The second-order valence-corrected chi connectivity index (χ2v) is 9.48. The first-order valence-corrected chi connectivity index (χ1v) is 11.7. The number of benzene rings is 1. The van der Waals surface area contributed by atoms with Crippen molar-refractivity contribution in [3.8, 4) is 5.75 Å². The number of nitrogens with zero attached hydrogens (tertiary/aromatic N) is 3. The number of fused-ring (bicyclic) bond motifs is 1. The third-order valence-corrected chi connectivity index (χ3v) is 6.43. The quantitative estimate of drug-likeness (QED) is 0.482. The second kappa shape index (κ2) is 9.38. The van der Waals surface area contributed by atoms with Gasteiger partial charge in [0.1, 0.15) is 28.5 Å². The molecule has 1 saturated carbocycles. The minimum atomic E-state index is -0.845. The van der Waals surface area contributed by atoms with Crippen LogP contribution in [0.2, 0.25) is 5.02 Å². The van der Waals surface area contributed by atoms with Crippen molar-refractivity contribution in [3.63, 3.8) is 0 Å². The van der Waals surface area contributed by atoms with Crippen molar-refractivity contribution in [2.75, 3.05) is 5.73 Å². The number of rotatable bonds is 6. The lowest BCUT2D eigenvalue weighted by atomic mass is 9.95. The van der Waals surface area contributed by atoms with Crippen LogP contribution in [-0.2, 0) is 0 Å². The van der Waals surface area contributed by atoms with Crippen LogP contribution in [-0.4, -0.2) is 43.6 Å². The Morgan fingerprint density at radius 1 is 1.38 bits per heavy atom. The fourth-order valence-corrected chi connectivity index (χ4v) is 4.79. The Labute approximate surface area is 202 Å². The van der Waals surface area contributed by atoms with Crippen molar-refractivity contribution in [2.24, 2.45) is 0 Å². The molecule has 0 unspecified atom stereocenters. The molecular weight excluding hydrogens is 461 g/mol. The van der Waals surface area contributed by atoms with Gasteiger partial charge in [-0.2, -0.15) is 0 Å². The molecule has 8 nitrogen and oxygen atoms in total. The van der Waals surface area contributed by atoms with E-state index < -0.39 is 23.7 Å². The number of hydrogen-bond acceptors (Lipinski definition) is 6. The minimum absolute atomic E-state index is 0.122. The largest absolute Gasteiger partial charge is 0.490 e. The van der Waals surface area contributed by atoms with Gasteiger partial charge in [-0.3, -0.25) is 9.20 Å². The summed E-state index contributed by atoms with van der Waals surface area (Å²) in [4.78, 5) is 22.1. The molecule has 0 spiro atoms. The van der Waals surface area contributed by atoms with Gasteiger partial charge in [-0.1, -0.05) is 18.5 Å². The monoisotopic (exact) mass is 489 g/mol. The maximum atomic E-state index is 15.3. The normalized spacial score (nSPS) is 19.1. The number of aliphatic hydroxyl groups is 1. The van der Waals surface area contributed by atoms with E-state index in [1.807, 2.05) is 18.2 Å². The molecular formula is C24H29ClFN5O3. The molecule has 0 radical (unpaired) electrons. The van der Waals surface area contributed by atoms with Crippen LogP contribution in [0.25, 0.3) is 5.52 Å². The zero-order valence-corrected chi connectivity index (χ0v) is 20.4. The topological polar surface area (TPSA) is 115 Å². The first kappa shape index (κ1) is 24.2. The minimum Gasteiger partial charge on any atom is -0.490 e. The molecule has 1 amide bonds. The fourth-order valence-electron chi connectivity index (χ4n) is 4.58. The van der Waals surface area contributed by atoms with Gasteiger partial charge >= 0.3 is 0 Å². The van der Waals surface area contributed by atoms with E-state index in [4.69, 9.17) is 22.1 Å². The molecule has 1 fully saturated rings. The highest BCUT2D eigenvalue weighted by molar-refractivity contribution is 6.31. The van der Waals surface area contributed by atoms with Crippen LogP contribution in [0.3, 0.4) is 0 Å². The summed E-state index contributed by atoms with van der Waals surface area (Å²) in [6.07, 6.45) is 4.16. The number of imidazole rings is 1. The molecule has 1 aromatic carbocycles. The van der Waals surface area contributed by atoms with Gasteiger partial charge < -0.3 is 20.9 Å². The molecule has 0 aliphatic heterocycles. The Kier molecular flexibility index (Phi) is 6.69. The molecule has 4 N–H and O–H groups in total. The maximum Gasteiger partial charge on any atom is 0.258 e. The summed E-state index contributed by atoms with van der Waals surface area (Å²) >= 11 is 6.28. The van der Waals surface area contributed by atoms with Crippen molar-refractivity contribution >= 4 is 28.8 Å². The molecule has 2 aromatic heterocycles. The van der Waals surface area contributed by atoms with E-state index in [0.717, 1.165) is 0 Å². The number of anilines is 1. The number of carbonyl (C=O) groups is 1. The molecule has 34 heavy (non-hydrogen) atoms. The van der Waals surface area contributed by atoms with Gasteiger partial charge in [0.25, 0.3) is 5.91 Å². The third-order valence-electron chi connectivity index (χ3n) is 6.16. The molecule has 3 atom stereocenters. The molecule has 0 bridgehead atoms. The van der Waals surface area contributed by atoms with E-state index in [9.17, 15) is 9.90 Å². The van der Waals surface area contributed by atoms with Crippen LogP contribution in [0.1, 0.15) is 73.4 Å². The molecule has 4 rings (SSSR count). The zero-order chi connectivity index (χ0) is 24.7. The summed E-state index contributed by atoms with van der Waals surface area (Å²) < 4.78 is 23.2. The smallest absolute Gasteiger partial charge is 0.258 e. The average Bonchev–Trinajstić information content (AvgIpc) is 3.33. The lowest BCUT2D eigenvalue weighted by Gasteiger charge is -2.23. The van der Waals surface area contributed by atoms with Gasteiger partial charge in [0, 0.05) is 29.9 Å². The number of hydrogen-bond donors (Lipinski definition) is 3. The van der Waals surface area contributed by atoms with Gasteiger partial charge in [0.15, 0.2) is 5.82 Å². The molecule has 10 heteroatoms. The number of aliphatic hydroxyl groups excluding tert-OH is 1. The third kappa shape index (κ3) is 4.42. The Morgan fingerprint density at radius 3 is 2.76 bits per heavy atom. The number of nitrogen functional groups attached to an aromatic ring is 1. The van der Waals surface area contributed by atoms with E-state index >= 15 is 4.39 Å². The summed E-state index contributed by atoms with van der Waals surface area (Å²) in [5.74, 6) is -0.794. The highest BCUT2D eigenvalue weighted by Gasteiger charge is 2.32. The van der Waals surface area contributed by atoms with E-state index in [2.05, 4.69) is 15.3 Å². The predicted octanol–water partition coefficient (Wildman–Crippen LogP) is 3.99. The number of ether oxygens (including phenoxy) is 1. The summed E-state index contributed by atoms with van der Waals surface area (Å²) in [6.45, 7) is 7.33.